The van der Waals surface area contributed by atoms with Crippen molar-refractivity contribution in [3.05, 3.63) is 0 Å². The number of esters is 1. The topological polar surface area (TPSA) is 63.6 Å². The Morgan fingerprint density at radius 2 is 1.46 bits per heavy atom. The molecule has 2 unspecified atom stereocenters. The molecule has 0 aromatic carbocycles. The summed E-state index contributed by atoms with van der Waals surface area (Å²) in [6, 6.07) is 0. The van der Waals surface area contributed by atoms with Crippen LogP contribution in [0.15, 0.2) is 0 Å². The summed E-state index contributed by atoms with van der Waals surface area (Å²) in [5, 5.41) is 9.89. The number of carboxylic acid groups (broad SMARTS) is 1. The van der Waals surface area contributed by atoms with Gasteiger partial charge in [-0.1, -0.05) is 62.3 Å². The highest BCUT2D eigenvalue weighted by molar-refractivity contribution is 5.84. The van der Waals surface area contributed by atoms with E-state index in [-0.39, 0.29) is 22.7 Å². The van der Waals surface area contributed by atoms with Gasteiger partial charge in [0.2, 0.25) is 0 Å². The van der Waals surface area contributed by atoms with Crippen molar-refractivity contribution in [3.63, 3.8) is 0 Å². The summed E-state index contributed by atoms with van der Waals surface area (Å²) in [5.74, 6) is -1.78. The molecular weight excluding hydrogens is 304 g/mol. The first kappa shape index (κ1) is 22.9. The van der Waals surface area contributed by atoms with Gasteiger partial charge in [-0.05, 0) is 36.0 Å². The van der Waals surface area contributed by atoms with Crippen molar-refractivity contribution < 1.29 is 19.4 Å². The second-order valence-electron chi connectivity index (χ2n) is 9.90. The summed E-state index contributed by atoms with van der Waals surface area (Å²) in [7, 11) is 0. The monoisotopic (exact) mass is 342 g/mol. The fourth-order valence-electron chi connectivity index (χ4n) is 3.19. The zero-order chi connectivity index (χ0) is 19.3. The average molecular weight is 343 g/mol. The van der Waals surface area contributed by atoms with Gasteiger partial charge >= 0.3 is 11.9 Å². The standard InChI is InChI=1S/C20H38O4/c1-10-20(11-14(2)3,17(23)24-13-19(7,8)9)15(16(21)22)12-18(4,5)6/h14-15H,10-13H2,1-9H3,(H,21,22). The normalized spacial score (nSPS) is 16.6. The minimum absolute atomic E-state index is 0.143. The molecule has 0 saturated carbocycles. The Bertz CT molecular complexity index is 426. The molecule has 0 spiro atoms. The molecule has 0 aliphatic rings. The quantitative estimate of drug-likeness (QED) is 0.619. The molecule has 0 aliphatic carbocycles. The Labute approximate surface area is 148 Å². The molecule has 0 bridgehead atoms. The molecule has 0 rings (SSSR count). The molecule has 4 heteroatoms. The summed E-state index contributed by atoms with van der Waals surface area (Å²) in [6.45, 7) is 18.3. The second kappa shape index (κ2) is 8.35. The van der Waals surface area contributed by atoms with Crippen LogP contribution >= 0.6 is 0 Å². The molecular formula is C20H38O4. The summed E-state index contributed by atoms with van der Waals surface area (Å²) in [6.07, 6.45) is 1.45. The van der Waals surface area contributed by atoms with Crippen LogP contribution in [-0.4, -0.2) is 23.7 Å². The van der Waals surface area contributed by atoms with Crippen molar-refractivity contribution in [1.82, 2.24) is 0 Å². The molecule has 0 aromatic rings. The van der Waals surface area contributed by atoms with Crippen LogP contribution in [0.2, 0.25) is 0 Å². The van der Waals surface area contributed by atoms with Crippen LogP contribution in [0.4, 0.5) is 0 Å². The number of carbonyl (C=O) groups is 2. The van der Waals surface area contributed by atoms with Crippen molar-refractivity contribution in [2.45, 2.75) is 81.6 Å². The smallest absolute Gasteiger partial charge is 0.312 e. The number of aliphatic carboxylic acids is 1. The van der Waals surface area contributed by atoms with E-state index in [1.807, 2.05) is 62.3 Å². The third kappa shape index (κ3) is 7.23. The van der Waals surface area contributed by atoms with Gasteiger partial charge in [-0.25, -0.2) is 0 Å². The Morgan fingerprint density at radius 1 is 0.958 bits per heavy atom. The number of carbonyl (C=O) groups excluding carboxylic acids is 1. The Morgan fingerprint density at radius 3 is 1.75 bits per heavy atom. The largest absolute Gasteiger partial charge is 0.481 e. The second-order valence-corrected chi connectivity index (χ2v) is 9.90. The molecule has 142 valence electrons. The SMILES string of the molecule is CCC(CC(C)C)(C(=O)OCC(C)(C)C)C(CC(C)(C)C)C(=O)O. The van der Waals surface area contributed by atoms with E-state index >= 15 is 0 Å². The lowest BCUT2D eigenvalue weighted by Crippen LogP contribution is -2.46. The van der Waals surface area contributed by atoms with E-state index in [2.05, 4.69) is 0 Å². The van der Waals surface area contributed by atoms with Crippen LogP contribution in [0.5, 0.6) is 0 Å². The fraction of sp³-hybridized carbons (Fsp3) is 0.900. The van der Waals surface area contributed by atoms with Gasteiger partial charge < -0.3 is 9.84 Å². The number of ether oxygens (including phenoxy) is 1. The van der Waals surface area contributed by atoms with Gasteiger partial charge in [0.05, 0.1) is 17.9 Å². The van der Waals surface area contributed by atoms with Crippen LogP contribution in [0.3, 0.4) is 0 Å². The maximum atomic E-state index is 13.0. The third-order valence-corrected chi connectivity index (χ3v) is 4.23. The summed E-state index contributed by atoms with van der Waals surface area (Å²) in [5.41, 5.74) is -1.29. The van der Waals surface area contributed by atoms with E-state index in [1.165, 1.54) is 0 Å². The van der Waals surface area contributed by atoms with Gasteiger partial charge in [0, 0.05) is 0 Å². The molecule has 0 radical (unpaired) electrons. The number of hydrogen-bond acceptors (Lipinski definition) is 3. The van der Waals surface area contributed by atoms with Gasteiger partial charge in [0.25, 0.3) is 0 Å². The average Bonchev–Trinajstić information content (AvgIpc) is 2.37. The highest BCUT2D eigenvalue weighted by Gasteiger charge is 2.50. The van der Waals surface area contributed by atoms with Crippen LogP contribution < -0.4 is 0 Å². The number of hydrogen-bond donors (Lipinski definition) is 1. The highest BCUT2D eigenvalue weighted by atomic mass is 16.5. The van der Waals surface area contributed by atoms with Crippen LogP contribution in [0.1, 0.15) is 81.6 Å². The van der Waals surface area contributed by atoms with Gasteiger partial charge in [-0.15, -0.1) is 0 Å². The lowest BCUT2D eigenvalue weighted by atomic mass is 9.64. The Balaban J connectivity index is 5.81. The van der Waals surface area contributed by atoms with E-state index in [0.29, 0.717) is 25.9 Å². The minimum atomic E-state index is -0.974. The highest BCUT2D eigenvalue weighted by Crippen LogP contribution is 2.45. The van der Waals surface area contributed by atoms with Crippen molar-refractivity contribution in [1.29, 1.82) is 0 Å². The van der Waals surface area contributed by atoms with Crippen LogP contribution in [-0.2, 0) is 14.3 Å². The van der Waals surface area contributed by atoms with Gasteiger partial charge in [-0.3, -0.25) is 9.59 Å². The Hall–Kier alpha value is -1.06. The molecule has 2 atom stereocenters. The van der Waals surface area contributed by atoms with Gasteiger partial charge in [0.15, 0.2) is 0 Å². The maximum Gasteiger partial charge on any atom is 0.312 e. The molecule has 0 fully saturated rings. The van der Waals surface area contributed by atoms with Crippen LogP contribution in [0.25, 0.3) is 0 Å². The van der Waals surface area contributed by atoms with Crippen molar-refractivity contribution in [2.24, 2.45) is 28.1 Å². The van der Waals surface area contributed by atoms with Crippen molar-refractivity contribution in [2.75, 3.05) is 6.61 Å². The lowest BCUT2D eigenvalue weighted by molar-refractivity contribution is -0.173. The first-order chi connectivity index (χ1) is 10.6. The maximum absolute atomic E-state index is 13.0. The van der Waals surface area contributed by atoms with Gasteiger partial charge in [-0.2, -0.15) is 0 Å². The van der Waals surface area contributed by atoms with Crippen LogP contribution in [0, 0.1) is 28.1 Å². The molecule has 0 heterocycles. The minimum Gasteiger partial charge on any atom is -0.481 e. The molecule has 0 saturated heterocycles. The van der Waals surface area contributed by atoms with E-state index < -0.39 is 17.3 Å². The zero-order valence-electron chi connectivity index (χ0n) is 17.2. The molecule has 0 amide bonds. The molecule has 4 nitrogen and oxygen atoms in total. The van der Waals surface area contributed by atoms with E-state index in [4.69, 9.17) is 4.74 Å². The molecule has 1 N–H and O–H groups in total. The van der Waals surface area contributed by atoms with Crippen molar-refractivity contribution in [3.8, 4) is 0 Å². The third-order valence-electron chi connectivity index (χ3n) is 4.23. The van der Waals surface area contributed by atoms with Gasteiger partial charge in [0.1, 0.15) is 0 Å². The zero-order valence-corrected chi connectivity index (χ0v) is 17.2. The predicted molar refractivity (Wildman–Crippen MR) is 97.8 cm³/mol. The number of rotatable bonds is 8. The summed E-state index contributed by atoms with van der Waals surface area (Å²) >= 11 is 0. The number of carboxylic acids is 1. The molecule has 24 heavy (non-hydrogen) atoms. The first-order valence-electron chi connectivity index (χ1n) is 9.04. The Kier molecular flexibility index (Phi) is 7.98. The van der Waals surface area contributed by atoms with E-state index in [9.17, 15) is 14.7 Å². The summed E-state index contributed by atoms with van der Waals surface area (Å²) < 4.78 is 5.61. The predicted octanol–water partition coefficient (Wildman–Crippen LogP) is 5.16. The fourth-order valence-corrected chi connectivity index (χ4v) is 3.19. The summed E-state index contributed by atoms with van der Waals surface area (Å²) in [4.78, 5) is 25.1. The lowest BCUT2D eigenvalue weighted by Gasteiger charge is -2.40. The van der Waals surface area contributed by atoms with Crippen molar-refractivity contribution >= 4 is 11.9 Å². The van der Waals surface area contributed by atoms with E-state index in [1.54, 1.807) is 0 Å². The first-order valence-corrected chi connectivity index (χ1v) is 9.04. The van der Waals surface area contributed by atoms with E-state index in [0.717, 1.165) is 0 Å². The molecule has 0 aromatic heterocycles. The molecule has 0 aliphatic heterocycles.